The van der Waals surface area contributed by atoms with Gasteiger partial charge in [-0.1, -0.05) is 19.3 Å². The van der Waals surface area contributed by atoms with Gasteiger partial charge >= 0.3 is 5.97 Å². The highest BCUT2D eigenvalue weighted by Gasteiger charge is 2.17. The lowest BCUT2D eigenvalue weighted by atomic mass is 9.95. The zero-order valence-electron chi connectivity index (χ0n) is 9.43. The Morgan fingerprint density at radius 1 is 1.44 bits per heavy atom. The van der Waals surface area contributed by atoms with Gasteiger partial charge < -0.3 is 9.67 Å². The molecule has 2 rings (SSSR count). The maximum Gasteiger partial charge on any atom is 0.303 e. The number of aromatic nitrogens is 2. The van der Waals surface area contributed by atoms with Crippen LogP contribution in [0.4, 0.5) is 0 Å². The Balaban J connectivity index is 2.02. The van der Waals surface area contributed by atoms with Gasteiger partial charge in [-0.15, -0.1) is 0 Å². The molecule has 0 atom stereocenters. The van der Waals surface area contributed by atoms with Crippen LogP contribution in [0.1, 0.15) is 50.4 Å². The second-order valence-electron chi connectivity index (χ2n) is 4.44. The lowest BCUT2D eigenvalue weighted by Gasteiger charge is -2.24. The summed E-state index contributed by atoms with van der Waals surface area (Å²) in [6, 6.07) is 0.542. The highest BCUT2D eigenvalue weighted by Crippen LogP contribution is 2.28. The normalized spacial score (nSPS) is 17.5. The SMILES string of the molecule is O=C(O)CCc1nccn1C1CCCCC1. The van der Waals surface area contributed by atoms with Crippen LogP contribution >= 0.6 is 0 Å². The molecule has 1 aliphatic carbocycles. The van der Waals surface area contributed by atoms with Gasteiger partial charge in [0.05, 0.1) is 6.42 Å². The van der Waals surface area contributed by atoms with Gasteiger partial charge in [-0.05, 0) is 12.8 Å². The van der Waals surface area contributed by atoms with Crippen molar-refractivity contribution in [1.29, 1.82) is 0 Å². The molecule has 0 aromatic carbocycles. The third kappa shape index (κ3) is 2.62. The van der Waals surface area contributed by atoms with Crippen molar-refractivity contribution in [3.05, 3.63) is 18.2 Å². The Labute approximate surface area is 95.3 Å². The molecule has 0 bridgehead atoms. The summed E-state index contributed by atoms with van der Waals surface area (Å²) < 4.78 is 2.18. The van der Waals surface area contributed by atoms with Gasteiger partial charge in [0.2, 0.25) is 0 Å². The fourth-order valence-corrected chi connectivity index (χ4v) is 2.45. The average Bonchev–Trinajstić information content (AvgIpc) is 2.75. The van der Waals surface area contributed by atoms with Crippen molar-refractivity contribution in [2.45, 2.75) is 51.0 Å². The summed E-state index contributed by atoms with van der Waals surface area (Å²) >= 11 is 0. The largest absolute Gasteiger partial charge is 0.481 e. The monoisotopic (exact) mass is 222 g/mol. The Bertz CT molecular complexity index is 354. The van der Waals surface area contributed by atoms with E-state index in [4.69, 9.17) is 5.11 Å². The van der Waals surface area contributed by atoms with Crippen molar-refractivity contribution in [2.24, 2.45) is 0 Å². The highest BCUT2D eigenvalue weighted by atomic mass is 16.4. The van der Waals surface area contributed by atoms with Gasteiger partial charge in [0.15, 0.2) is 0 Å². The van der Waals surface area contributed by atoms with Crippen LogP contribution < -0.4 is 0 Å². The van der Waals surface area contributed by atoms with E-state index in [1.54, 1.807) is 6.20 Å². The first-order valence-corrected chi connectivity index (χ1v) is 6.01. The molecule has 4 nitrogen and oxygen atoms in total. The van der Waals surface area contributed by atoms with Gasteiger partial charge in [0, 0.05) is 24.9 Å². The van der Waals surface area contributed by atoms with Gasteiger partial charge in [-0.25, -0.2) is 4.98 Å². The van der Waals surface area contributed by atoms with E-state index in [1.807, 2.05) is 6.20 Å². The second kappa shape index (κ2) is 5.14. The van der Waals surface area contributed by atoms with E-state index in [0.717, 1.165) is 5.82 Å². The first-order chi connectivity index (χ1) is 7.77. The van der Waals surface area contributed by atoms with Crippen molar-refractivity contribution < 1.29 is 9.90 Å². The molecular formula is C12H18N2O2. The molecule has 0 unspecified atom stereocenters. The van der Waals surface area contributed by atoms with Crippen LogP contribution in [0.3, 0.4) is 0 Å². The number of aryl methyl sites for hydroxylation is 1. The molecule has 0 amide bonds. The molecule has 0 aliphatic heterocycles. The van der Waals surface area contributed by atoms with E-state index < -0.39 is 5.97 Å². The Kier molecular flexibility index (Phi) is 3.59. The van der Waals surface area contributed by atoms with Crippen molar-refractivity contribution in [1.82, 2.24) is 9.55 Å². The summed E-state index contributed by atoms with van der Waals surface area (Å²) in [4.78, 5) is 14.8. The number of aliphatic carboxylic acids is 1. The molecule has 88 valence electrons. The predicted molar refractivity (Wildman–Crippen MR) is 60.3 cm³/mol. The second-order valence-corrected chi connectivity index (χ2v) is 4.44. The molecule has 16 heavy (non-hydrogen) atoms. The van der Waals surface area contributed by atoms with E-state index in [0.29, 0.717) is 12.5 Å². The standard InChI is InChI=1S/C12H18N2O2/c15-12(16)7-6-11-13-8-9-14(11)10-4-2-1-3-5-10/h8-10H,1-7H2,(H,15,16). The quantitative estimate of drug-likeness (QED) is 0.851. The molecule has 1 aromatic rings. The van der Waals surface area contributed by atoms with Crippen LogP contribution in [-0.2, 0) is 11.2 Å². The summed E-state index contributed by atoms with van der Waals surface area (Å²) in [6.45, 7) is 0. The molecule has 1 aromatic heterocycles. The Morgan fingerprint density at radius 2 is 2.19 bits per heavy atom. The lowest BCUT2D eigenvalue weighted by Crippen LogP contribution is -2.15. The summed E-state index contributed by atoms with van der Waals surface area (Å²) in [7, 11) is 0. The van der Waals surface area contributed by atoms with E-state index in [2.05, 4.69) is 9.55 Å². The van der Waals surface area contributed by atoms with Crippen LogP contribution in [-0.4, -0.2) is 20.6 Å². The number of nitrogens with zero attached hydrogens (tertiary/aromatic N) is 2. The topological polar surface area (TPSA) is 55.1 Å². The minimum atomic E-state index is -0.752. The maximum absolute atomic E-state index is 10.5. The van der Waals surface area contributed by atoms with Gasteiger partial charge in [-0.3, -0.25) is 4.79 Å². The number of hydrogen-bond acceptors (Lipinski definition) is 2. The molecule has 0 saturated heterocycles. The highest BCUT2D eigenvalue weighted by molar-refractivity contribution is 5.66. The molecule has 1 heterocycles. The maximum atomic E-state index is 10.5. The number of carboxylic acid groups (broad SMARTS) is 1. The summed E-state index contributed by atoms with van der Waals surface area (Å²) in [5.74, 6) is 0.174. The van der Waals surface area contributed by atoms with E-state index in [-0.39, 0.29) is 6.42 Å². The molecular weight excluding hydrogens is 204 g/mol. The number of hydrogen-bond donors (Lipinski definition) is 1. The van der Waals surface area contributed by atoms with E-state index >= 15 is 0 Å². The molecule has 4 heteroatoms. The molecule has 1 saturated carbocycles. The van der Waals surface area contributed by atoms with E-state index in [1.165, 1.54) is 32.1 Å². The lowest BCUT2D eigenvalue weighted by molar-refractivity contribution is -0.137. The number of carboxylic acids is 1. The third-order valence-corrected chi connectivity index (χ3v) is 3.28. The van der Waals surface area contributed by atoms with Crippen LogP contribution in [0, 0.1) is 0 Å². The zero-order chi connectivity index (χ0) is 11.4. The van der Waals surface area contributed by atoms with Crippen molar-refractivity contribution in [3.8, 4) is 0 Å². The van der Waals surface area contributed by atoms with Gasteiger partial charge in [0.25, 0.3) is 0 Å². The Morgan fingerprint density at radius 3 is 2.88 bits per heavy atom. The third-order valence-electron chi connectivity index (χ3n) is 3.28. The fraction of sp³-hybridized carbons (Fsp3) is 0.667. The fourth-order valence-electron chi connectivity index (χ4n) is 2.45. The van der Waals surface area contributed by atoms with Gasteiger partial charge in [-0.2, -0.15) is 0 Å². The summed E-state index contributed by atoms with van der Waals surface area (Å²) in [5, 5.41) is 8.68. The molecule has 0 spiro atoms. The number of imidazole rings is 1. The van der Waals surface area contributed by atoms with Crippen LogP contribution in [0.25, 0.3) is 0 Å². The summed E-state index contributed by atoms with van der Waals surface area (Å²) in [5.41, 5.74) is 0. The zero-order valence-corrected chi connectivity index (χ0v) is 9.43. The summed E-state index contributed by atoms with van der Waals surface area (Å²) in [6.07, 6.45) is 10.8. The average molecular weight is 222 g/mol. The predicted octanol–water partition coefficient (Wildman–Crippen LogP) is 2.41. The van der Waals surface area contributed by atoms with Crippen molar-refractivity contribution in [2.75, 3.05) is 0 Å². The van der Waals surface area contributed by atoms with Crippen molar-refractivity contribution in [3.63, 3.8) is 0 Å². The first-order valence-electron chi connectivity index (χ1n) is 6.01. The van der Waals surface area contributed by atoms with E-state index in [9.17, 15) is 4.79 Å². The first kappa shape index (κ1) is 11.2. The van der Waals surface area contributed by atoms with Gasteiger partial charge in [0.1, 0.15) is 5.82 Å². The molecule has 1 fully saturated rings. The minimum Gasteiger partial charge on any atom is -0.481 e. The van der Waals surface area contributed by atoms with Crippen LogP contribution in [0.2, 0.25) is 0 Å². The smallest absolute Gasteiger partial charge is 0.303 e. The Hall–Kier alpha value is -1.32. The van der Waals surface area contributed by atoms with Crippen LogP contribution in [0.5, 0.6) is 0 Å². The minimum absolute atomic E-state index is 0.170. The molecule has 1 aliphatic rings. The van der Waals surface area contributed by atoms with Crippen molar-refractivity contribution >= 4 is 5.97 Å². The molecule has 1 N–H and O–H groups in total. The number of rotatable bonds is 4. The number of carbonyl (C=O) groups is 1. The molecule has 0 radical (unpaired) electrons. The van der Waals surface area contributed by atoms with Crippen LogP contribution in [0.15, 0.2) is 12.4 Å².